The zero-order chi connectivity index (χ0) is 18.1. The number of nitrogens with zero attached hydrogens (tertiary/aromatic N) is 2. The van der Waals surface area contributed by atoms with Gasteiger partial charge in [0.2, 0.25) is 0 Å². The maximum Gasteiger partial charge on any atom is 0.258 e. The lowest BCUT2D eigenvalue weighted by Gasteiger charge is -2.25. The van der Waals surface area contributed by atoms with E-state index in [9.17, 15) is 4.79 Å². The molecule has 5 nitrogen and oxygen atoms in total. The van der Waals surface area contributed by atoms with Crippen LogP contribution in [0, 0.1) is 0 Å². The summed E-state index contributed by atoms with van der Waals surface area (Å²) in [6.07, 6.45) is 0. The van der Waals surface area contributed by atoms with Crippen molar-refractivity contribution in [3.63, 3.8) is 0 Å². The Bertz CT molecular complexity index is 1080. The van der Waals surface area contributed by atoms with E-state index in [0.717, 1.165) is 28.8 Å². The van der Waals surface area contributed by atoms with Crippen molar-refractivity contribution >= 4 is 21.9 Å². The molecule has 1 atom stereocenters. The second-order valence-corrected chi connectivity index (χ2v) is 6.46. The summed E-state index contributed by atoms with van der Waals surface area (Å²) in [7, 11) is 0. The zero-order valence-corrected chi connectivity index (χ0v) is 14.9. The highest BCUT2D eigenvalue weighted by Gasteiger charge is 2.19. The predicted molar refractivity (Wildman–Crippen MR) is 103 cm³/mol. The summed E-state index contributed by atoms with van der Waals surface area (Å²) in [5.74, 6) is 1.58. The predicted octanol–water partition coefficient (Wildman–Crippen LogP) is 4.25. The van der Waals surface area contributed by atoms with Crippen LogP contribution in [0.15, 0.2) is 63.8 Å². The second-order valence-electron chi connectivity index (χ2n) is 6.46. The lowest BCUT2D eigenvalue weighted by Crippen LogP contribution is -2.28. The third-order valence-corrected chi connectivity index (χ3v) is 4.83. The van der Waals surface area contributed by atoms with Crippen LogP contribution in [-0.2, 0) is 6.54 Å². The molecule has 0 unspecified atom stereocenters. The fourth-order valence-electron chi connectivity index (χ4n) is 3.31. The van der Waals surface area contributed by atoms with Gasteiger partial charge in [-0.15, -0.1) is 0 Å². The quantitative estimate of drug-likeness (QED) is 0.586. The number of fused-ring (bicyclic) bond motifs is 2. The zero-order valence-electron chi connectivity index (χ0n) is 14.9. The van der Waals surface area contributed by atoms with Crippen molar-refractivity contribution < 1.29 is 4.42 Å². The van der Waals surface area contributed by atoms with Crippen molar-refractivity contribution in [2.24, 2.45) is 0 Å². The summed E-state index contributed by atoms with van der Waals surface area (Å²) in [6, 6.07) is 17.6. The molecule has 0 bridgehead atoms. The van der Waals surface area contributed by atoms with Crippen molar-refractivity contribution in [1.82, 2.24) is 14.9 Å². The Morgan fingerprint density at radius 3 is 2.73 bits per heavy atom. The first-order valence-electron chi connectivity index (χ1n) is 8.86. The summed E-state index contributed by atoms with van der Waals surface area (Å²) in [5, 5.41) is 1.72. The van der Waals surface area contributed by atoms with Gasteiger partial charge in [-0.05, 0) is 37.7 Å². The summed E-state index contributed by atoms with van der Waals surface area (Å²) in [4.78, 5) is 22.0. The molecule has 0 aliphatic heterocycles. The molecule has 2 aromatic carbocycles. The van der Waals surface area contributed by atoms with Crippen LogP contribution >= 0.6 is 0 Å². The van der Waals surface area contributed by atoms with Crippen LogP contribution in [0.2, 0.25) is 0 Å². The van der Waals surface area contributed by atoms with Gasteiger partial charge in [-0.3, -0.25) is 9.69 Å². The van der Waals surface area contributed by atoms with Crippen molar-refractivity contribution in [2.75, 3.05) is 6.54 Å². The average Bonchev–Trinajstić information content (AvgIpc) is 3.10. The number of aromatic amines is 1. The third kappa shape index (κ3) is 3.02. The molecule has 0 saturated heterocycles. The van der Waals surface area contributed by atoms with E-state index in [4.69, 9.17) is 4.42 Å². The van der Waals surface area contributed by atoms with E-state index in [1.807, 2.05) is 42.5 Å². The van der Waals surface area contributed by atoms with E-state index in [0.29, 0.717) is 17.8 Å². The van der Waals surface area contributed by atoms with Crippen LogP contribution in [0.25, 0.3) is 21.9 Å². The maximum absolute atomic E-state index is 12.3. The van der Waals surface area contributed by atoms with Crippen LogP contribution in [-0.4, -0.2) is 21.4 Å². The summed E-state index contributed by atoms with van der Waals surface area (Å²) < 4.78 is 6.01. The van der Waals surface area contributed by atoms with E-state index < -0.39 is 0 Å². The fraction of sp³-hybridized carbons (Fsp3) is 0.238. The number of para-hydroxylation sites is 2. The van der Waals surface area contributed by atoms with Gasteiger partial charge in [-0.2, -0.15) is 0 Å². The van der Waals surface area contributed by atoms with Crippen molar-refractivity contribution in [2.45, 2.75) is 26.4 Å². The van der Waals surface area contributed by atoms with E-state index in [-0.39, 0.29) is 11.6 Å². The third-order valence-electron chi connectivity index (χ3n) is 4.83. The molecule has 0 fully saturated rings. The largest absolute Gasteiger partial charge is 0.459 e. The molecule has 1 N–H and O–H groups in total. The van der Waals surface area contributed by atoms with Gasteiger partial charge in [0, 0.05) is 5.39 Å². The van der Waals surface area contributed by atoms with Crippen LogP contribution in [0.3, 0.4) is 0 Å². The number of aromatic nitrogens is 2. The molecule has 5 heteroatoms. The fourth-order valence-corrected chi connectivity index (χ4v) is 3.31. The van der Waals surface area contributed by atoms with Crippen LogP contribution in [0.5, 0.6) is 0 Å². The number of rotatable bonds is 5. The first kappa shape index (κ1) is 16.5. The first-order valence-corrected chi connectivity index (χ1v) is 8.86. The Labute approximate surface area is 151 Å². The van der Waals surface area contributed by atoms with Crippen molar-refractivity contribution in [3.8, 4) is 0 Å². The Kier molecular flexibility index (Phi) is 4.31. The Morgan fingerprint density at radius 2 is 1.92 bits per heavy atom. The molecule has 2 aromatic heterocycles. The van der Waals surface area contributed by atoms with Gasteiger partial charge in [-0.1, -0.05) is 37.3 Å². The molecule has 26 heavy (non-hydrogen) atoms. The highest BCUT2D eigenvalue weighted by atomic mass is 16.3. The summed E-state index contributed by atoms with van der Waals surface area (Å²) >= 11 is 0. The minimum Gasteiger partial charge on any atom is -0.459 e. The SMILES string of the molecule is CCN(Cc1nc2ccccc2c(=O)[nH]1)[C@@H](C)c1cc2ccccc2o1. The number of hydrogen-bond acceptors (Lipinski definition) is 4. The van der Waals surface area contributed by atoms with Gasteiger partial charge >= 0.3 is 0 Å². The van der Waals surface area contributed by atoms with Crippen LogP contribution in [0.4, 0.5) is 0 Å². The number of hydrogen-bond donors (Lipinski definition) is 1. The molecule has 0 amide bonds. The van der Waals surface area contributed by atoms with Gasteiger partial charge in [0.15, 0.2) is 0 Å². The summed E-state index contributed by atoms with van der Waals surface area (Å²) in [6.45, 7) is 5.57. The molecule has 0 radical (unpaired) electrons. The number of nitrogens with one attached hydrogen (secondary N) is 1. The standard InChI is InChI=1S/C21H21N3O2/c1-3-24(14(2)19-12-15-8-4-7-11-18(15)26-19)13-20-22-17-10-6-5-9-16(17)21(25)23-20/h4-12,14H,3,13H2,1-2H3,(H,22,23,25)/t14-/m0/s1. The van der Waals surface area contributed by atoms with Gasteiger partial charge in [-0.25, -0.2) is 4.98 Å². The Morgan fingerprint density at radius 1 is 1.15 bits per heavy atom. The number of benzene rings is 2. The Hall–Kier alpha value is -2.92. The minimum atomic E-state index is -0.0990. The van der Waals surface area contributed by atoms with Gasteiger partial charge in [0.1, 0.15) is 17.2 Å². The smallest absolute Gasteiger partial charge is 0.258 e. The molecule has 0 spiro atoms. The lowest BCUT2D eigenvalue weighted by molar-refractivity contribution is 0.187. The molecule has 4 rings (SSSR count). The van der Waals surface area contributed by atoms with Crippen LogP contribution in [0.1, 0.15) is 31.5 Å². The molecule has 0 aliphatic carbocycles. The van der Waals surface area contributed by atoms with E-state index in [1.165, 1.54) is 0 Å². The van der Waals surface area contributed by atoms with E-state index in [2.05, 4.69) is 34.8 Å². The summed E-state index contributed by atoms with van der Waals surface area (Å²) in [5.41, 5.74) is 1.51. The van der Waals surface area contributed by atoms with Gasteiger partial charge in [0.25, 0.3) is 5.56 Å². The normalized spacial score (nSPS) is 12.9. The molecule has 132 valence electrons. The molecule has 0 aliphatic rings. The first-order chi connectivity index (χ1) is 12.7. The maximum atomic E-state index is 12.3. The number of furan rings is 1. The van der Waals surface area contributed by atoms with Crippen molar-refractivity contribution in [1.29, 1.82) is 0 Å². The van der Waals surface area contributed by atoms with E-state index in [1.54, 1.807) is 6.07 Å². The highest BCUT2D eigenvalue weighted by molar-refractivity contribution is 5.78. The minimum absolute atomic E-state index is 0.0733. The Balaban J connectivity index is 1.64. The van der Waals surface area contributed by atoms with E-state index >= 15 is 0 Å². The monoisotopic (exact) mass is 347 g/mol. The van der Waals surface area contributed by atoms with Gasteiger partial charge in [0.05, 0.1) is 23.5 Å². The lowest BCUT2D eigenvalue weighted by atomic mass is 10.2. The second kappa shape index (κ2) is 6.77. The molecule has 2 heterocycles. The molecule has 4 aromatic rings. The average molecular weight is 347 g/mol. The molecular formula is C21H21N3O2. The van der Waals surface area contributed by atoms with Crippen LogP contribution < -0.4 is 5.56 Å². The number of H-pyrrole nitrogens is 1. The molecular weight excluding hydrogens is 326 g/mol. The molecule has 0 saturated carbocycles. The van der Waals surface area contributed by atoms with Crippen molar-refractivity contribution in [3.05, 3.63) is 76.5 Å². The topological polar surface area (TPSA) is 62.1 Å². The van der Waals surface area contributed by atoms with Gasteiger partial charge < -0.3 is 9.40 Å². The highest BCUT2D eigenvalue weighted by Crippen LogP contribution is 2.28.